The lowest BCUT2D eigenvalue weighted by atomic mass is 10.6. The molecule has 2 atom stereocenters. The summed E-state index contributed by atoms with van der Waals surface area (Å²) in [4.78, 5) is 58.7. The molecule has 0 spiro atoms. The highest BCUT2D eigenvalue weighted by Crippen LogP contribution is 2.72. The van der Waals surface area contributed by atoms with Gasteiger partial charge in [-0.2, -0.15) is 17.2 Å². The van der Waals surface area contributed by atoms with Gasteiger partial charge in [0.1, 0.15) is 0 Å². The van der Waals surface area contributed by atoms with E-state index in [2.05, 4.69) is 17.2 Å². The Hall–Kier alpha value is 0.590. The van der Waals surface area contributed by atoms with Gasteiger partial charge in [-0.25, -0.2) is 22.8 Å². The van der Waals surface area contributed by atoms with Gasteiger partial charge in [0.05, 0.1) is 6.17 Å². The molecule has 160 valence electrons. The lowest BCUT2D eigenvalue weighted by Crippen LogP contribution is -2.37. The van der Waals surface area contributed by atoms with E-state index in [0.29, 0.717) is 6.54 Å². The van der Waals surface area contributed by atoms with Gasteiger partial charge in [-0.1, -0.05) is 0 Å². The zero-order chi connectivity index (χ0) is 21.6. The molecule has 0 aliphatic heterocycles. The van der Waals surface area contributed by atoms with Crippen molar-refractivity contribution in [2.45, 2.75) is 6.17 Å². The van der Waals surface area contributed by atoms with Gasteiger partial charge in [-0.3, -0.25) is 0 Å². The molecule has 26 heavy (non-hydrogen) atoms. The van der Waals surface area contributed by atoms with Crippen LogP contribution in [-0.4, -0.2) is 47.0 Å². The Kier molecular flexibility index (Phi) is 11.5. The molecule has 0 radical (unpaired) electrons. The topological polar surface area (TPSA) is 342 Å². The van der Waals surface area contributed by atoms with Crippen LogP contribution in [0.2, 0.25) is 0 Å². The second-order valence-corrected chi connectivity index (χ2v) is 11.0. The molecular weight excluding hydrogens is 477 g/mol. The Morgan fingerprint density at radius 3 is 0.962 bits per heavy atom. The summed E-state index contributed by atoms with van der Waals surface area (Å²) in [5, 5.41) is 0. The Balaban J connectivity index is 0. The summed E-state index contributed by atoms with van der Waals surface area (Å²) >= 11 is 0. The molecule has 0 aliphatic carbocycles. The largest absolute Gasteiger partial charge is 0.490 e. The van der Waals surface area contributed by atoms with Crippen LogP contribution in [0.5, 0.6) is 0 Å². The van der Waals surface area contributed by atoms with Crippen LogP contribution in [0.4, 0.5) is 0 Å². The lowest BCUT2D eigenvalue weighted by Gasteiger charge is -2.18. The van der Waals surface area contributed by atoms with Crippen molar-refractivity contribution in [2.24, 2.45) is 17.2 Å². The molecule has 24 heteroatoms. The zero-order valence-corrected chi connectivity index (χ0v) is 16.5. The highest BCUT2D eigenvalue weighted by molar-refractivity contribution is 7.71. The van der Waals surface area contributed by atoms with Crippen LogP contribution in [-0.2, 0) is 40.1 Å². The predicted molar refractivity (Wildman–Crippen MR) is 79.1 cm³/mol. The fraction of sp³-hybridized carbons (Fsp3) is 1.00. The predicted octanol–water partition coefficient (Wildman–Crippen LogP) is -2.27. The van der Waals surface area contributed by atoms with Crippen molar-refractivity contribution in [3.8, 4) is 0 Å². The van der Waals surface area contributed by atoms with E-state index in [-0.39, 0.29) is 6.17 Å². The van der Waals surface area contributed by atoms with Gasteiger partial charge in [0.25, 0.3) is 0 Å². The summed E-state index contributed by atoms with van der Waals surface area (Å²) in [6, 6.07) is 0. The van der Waals surface area contributed by atoms with Crippen molar-refractivity contribution in [3.63, 3.8) is 0 Å². The second-order valence-electron chi connectivity index (χ2n) is 3.61. The second kappa shape index (κ2) is 10.4. The SMILES string of the molecule is NCC(N)N.O=P(O)(O)OP(=O)(O)OP(=O)(O)OP(=O)(O)OP(=O)(O)O. The standard InChI is InChI=1S/C2H9N3.H7O16P5/c3-1-2(4)5;1-17(2,3)13-19(7,8)15-21(11,12)16-20(9,10)14-18(4,5)6/h2H,1,3-5H2;(H,7,8)(H,9,10)(H,11,12)(H2,1,2,3)(H2,4,5,6). The molecule has 0 aromatic heterocycles. The van der Waals surface area contributed by atoms with Crippen LogP contribution in [0, 0.1) is 0 Å². The minimum Gasteiger partial charge on any atom is -0.328 e. The fourth-order valence-electron chi connectivity index (χ4n) is 0.574. The molecule has 0 heterocycles. The molecule has 0 amide bonds. The van der Waals surface area contributed by atoms with Crippen LogP contribution in [0.15, 0.2) is 0 Å². The van der Waals surface area contributed by atoms with Gasteiger partial charge in [0, 0.05) is 6.54 Å². The average Bonchev–Trinajstić information content (AvgIpc) is 2.17. The molecule has 0 rings (SSSR count). The highest BCUT2D eigenvalue weighted by atomic mass is 31.3. The number of hydrogen-bond donors (Lipinski definition) is 10. The Morgan fingerprint density at radius 1 is 0.615 bits per heavy atom. The van der Waals surface area contributed by atoms with E-state index in [4.69, 9.17) is 51.5 Å². The van der Waals surface area contributed by atoms with E-state index in [1.165, 1.54) is 0 Å². The van der Waals surface area contributed by atoms with E-state index >= 15 is 0 Å². The molecule has 13 N–H and O–H groups in total. The molecule has 0 bridgehead atoms. The maximum atomic E-state index is 11.0. The minimum absolute atomic E-state index is 0.338. The first-order chi connectivity index (χ1) is 11.1. The van der Waals surface area contributed by atoms with Crippen LogP contribution in [0.25, 0.3) is 0 Å². The van der Waals surface area contributed by atoms with Crippen LogP contribution < -0.4 is 17.2 Å². The van der Waals surface area contributed by atoms with E-state index in [1.54, 1.807) is 0 Å². The Morgan fingerprint density at radius 2 is 0.808 bits per heavy atom. The van der Waals surface area contributed by atoms with Gasteiger partial charge >= 0.3 is 39.1 Å². The average molecular weight is 493 g/mol. The van der Waals surface area contributed by atoms with Crippen molar-refractivity contribution in [2.75, 3.05) is 6.54 Å². The third-order valence-electron chi connectivity index (χ3n) is 1.10. The van der Waals surface area contributed by atoms with Crippen molar-refractivity contribution in [1.82, 2.24) is 0 Å². The third kappa shape index (κ3) is 19.4. The summed E-state index contributed by atoms with van der Waals surface area (Å²) in [6.07, 6.45) is -0.338. The van der Waals surface area contributed by atoms with Gasteiger partial charge in [-0.15, -0.1) is 0 Å². The summed E-state index contributed by atoms with van der Waals surface area (Å²) in [5.74, 6) is 0. The fourth-order valence-corrected chi connectivity index (χ4v) is 5.97. The highest BCUT2D eigenvalue weighted by Gasteiger charge is 2.46. The lowest BCUT2D eigenvalue weighted by molar-refractivity contribution is 0.188. The Bertz CT molecular complexity index is 625. The van der Waals surface area contributed by atoms with Crippen LogP contribution in [0.3, 0.4) is 0 Å². The first-order valence-electron chi connectivity index (χ1n) is 5.26. The number of nitrogens with two attached hydrogens (primary N) is 3. The van der Waals surface area contributed by atoms with Gasteiger partial charge < -0.3 is 51.5 Å². The number of rotatable bonds is 9. The maximum Gasteiger partial charge on any atom is 0.490 e. The molecule has 0 aromatic rings. The van der Waals surface area contributed by atoms with Gasteiger partial charge in [0.2, 0.25) is 0 Å². The smallest absolute Gasteiger partial charge is 0.328 e. The normalized spacial score (nSPS) is 19.7. The summed E-state index contributed by atoms with van der Waals surface area (Å²) in [7, 11) is -29.3. The molecule has 2 unspecified atom stereocenters. The third-order valence-corrected chi connectivity index (χ3v) is 7.76. The van der Waals surface area contributed by atoms with Crippen LogP contribution >= 0.6 is 39.1 Å². The Labute approximate surface area is 144 Å². The van der Waals surface area contributed by atoms with Crippen molar-refractivity contribution >= 4 is 39.1 Å². The summed E-state index contributed by atoms with van der Waals surface area (Å²) in [5.41, 5.74) is 14.8. The summed E-state index contributed by atoms with van der Waals surface area (Å²) in [6.45, 7) is 0.361. The van der Waals surface area contributed by atoms with Crippen molar-refractivity contribution < 1.29 is 74.3 Å². The van der Waals surface area contributed by atoms with E-state index in [1.807, 2.05) is 0 Å². The summed E-state index contributed by atoms with van der Waals surface area (Å²) < 4.78 is 65.6. The van der Waals surface area contributed by atoms with Crippen molar-refractivity contribution in [1.29, 1.82) is 0 Å². The van der Waals surface area contributed by atoms with Crippen molar-refractivity contribution in [3.05, 3.63) is 0 Å². The van der Waals surface area contributed by atoms with E-state index in [0.717, 1.165) is 0 Å². The number of phosphoric acid groups is 5. The molecule has 19 nitrogen and oxygen atoms in total. The minimum atomic E-state index is -6.07. The first kappa shape index (κ1) is 28.8. The first-order valence-corrected chi connectivity index (χ1v) is 12.8. The van der Waals surface area contributed by atoms with Crippen LogP contribution in [0.1, 0.15) is 0 Å². The molecule has 0 fully saturated rings. The van der Waals surface area contributed by atoms with E-state index in [9.17, 15) is 22.8 Å². The molecule has 0 aliphatic rings. The molecule has 0 saturated carbocycles. The maximum absolute atomic E-state index is 11.0. The zero-order valence-electron chi connectivity index (χ0n) is 12.1. The number of hydrogen-bond acceptors (Lipinski definition) is 12. The quantitative estimate of drug-likeness (QED) is 0.119. The molecule has 0 saturated heterocycles. The van der Waals surface area contributed by atoms with E-state index < -0.39 is 39.1 Å². The van der Waals surface area contributed by atoms with Gasteiger partial charge in [-0.05, 0) is 0 Å². The van der Waals surface area contributed by atoms with Gasteiger partial charge in [0.15, 0.2) is 0 Å². The molecule has 0 aromatic carbocycles. The molecular formula is C2H16N3O16P5. The monoisotopic (exact) mass is 493 g/mol.